The van der Waals surface area contributed by atoms with Crippen LogP contribution >= 0.6 is 0 Å². The van der Waals surface area contributed by atoms with Crippen molar-refractivity contribution in [1.82, 2.24) is 10.0 Å². The van der Waals surface area contributed by atoms with Crippen molar-refractivity contribution < 1.29 is 0 Å². The van der Waals surface area contributed by atoms with Crippen LogP contribution in [0.25, 0.3) is 0 Å². The van der Waals surface area contributed by atoms with Gasteiger partial charge in [-0.1, -0.05) is 43.3 Å². The van der Waals surface area contributed by atoms with Crippen molar-refractivity contribution in [2.45, 2.75) is 13.3 Å². The van der Waals surface area contributed by atoms with Gasteiger partial charge in [0, 0.05) is 25.8 Å². The first-order valence-electron chi connectivity index (χ1n) is 5.62. The van der Waals surface area contributed by atoms with Crippen molar-refractivity contribution in [3.8, 4) is 0 Å². The molecule has 15 heavy (non-hydrogen) atoms. The molecule has 0 spiro atoms. The highest BCUT2D eigenvalue weighted by atomic mass is 15.6. The minimum absolute atomic E-state index is 1.06. The number of hydrazine groups is 1. The summed E-state index contributed by atoms with van der Waals surface area (Å²) in [6, 6.07) is 10.7. The quantitative estimate of drug-likeness (QED) is 0.739. The first kappa shape index (κ1) is 10.2. The van der Waals surface area contributed by atoms with E-state index in [9.17, 15) is 0 Å². The molecule has 0 fully saturated rings. The van der Waals surface area contributed by atoms with Gasteiger partial charge in [-0.2, -0.15) is 0 Å². The highest BCUT2D eigenvalue weighted by Gasteiger charge is 2.12. The van der Waals surface area contributed by atoms with E-state index in [0.29, 0.717) is 0 Å². The summed E-state index contributed by atoms with van der Waals surface area (Å²) < 4.78 is 0. The third-order valence-electron chi connectivity index (χ3n) is 2.79. The number of nitrogens with zero attached hydrogens (tertiary/aromatic N) is 2. The fraction of sp³-hybridized carbons (Fsp3) is 0.385. The number of likely N-dealkylation sites (N-methyl/N-ethyl adjacent to an activating group) is 1. The van der Waals surface area contributed by atoms with Crippen LogP contribution in [-0.2, 0) is 6.42 Å². The monoisotopic (exact) mass is 202 g/mol. The second kappa shape index (κ2) is 4.99. The maximum Gasteiger partial charge on any atom is 0.0380 e. The van der Waals surface area contributed by atoms with Crippen LogP contribution in [0.1, 0.15) is 12.5 Å². The maximum absolute atomic E-state index is 2.35. The van der Waals surface area contributed by atoms with Gasteiger partial charge >= 0.3 is 0 Å². The van der Waals surface area contributed by atoms with Crippen molar-refractivity contribution in [2.24, 2.45) is 0 Å². The first-order chi connectivity index (χ1) is 7.40. The molecule has 80 valence electrons. The lowest BCUT2D eigenvalue weighted by Crippen LogP contribution is -2.36. The predicted octanol–water partition coefficient (Wildman–Crippen LogP) is 2.30. The van der Waals surface area contributed by atoms with Crippen LogP contribution in [0.4, 0.5) is 0 Å². The Hall–Kier alpha value is -1.28. The molecule has 0 radical (unpaired) electrons. The van der Waals surface area contributed by atoms with Crippen molar-refractivity contribution >= 4 is 0 Å². The largest absolute Gasteiger partial charge is 0.313 e. The molecule has 2 nitrogen and oxygen atoms in total. The van der Waals surface area contributed by atoms with Gasteiger partial charge in [-0.3, -0.25) is 0 Å². The molecule has 0 amide bonds. The van der Waals surface area contributed by atoms with Gasteiger partial charge in [-0.05, 0) is 12.0 Å². The fourth-order valence-corrected chi connectivity index (χ4v) is 1.90. The molecule has 2 rings (SSSR count). The zero-order valence-electron chi connectivity index (χ0n) is 9.26. The summed E-state index contributed by atoms with van der Waals surface area (Å²) in [4.78, 5) is 0. The molecule has 0 aliphatic carbocycles. The van der Waals surface area contributed by atoms with Crippen LogP contribution in [0.3, 0.4) is 0 Å². The van der Waals surface area contributed by atoms with Crippen molar-refractivity contribution in [2.75, 3.05) is 19.6 Å². The van der Waals surface area contributed by atoms with E-state index in [1.54, 1.807) is 0 Å². The first-order valence-corrected chi connectivity index (χ1v) is 5.62. The zero-order valence-corrected chi connectivity index (χ0v) is 9.26. The summed E-state index contributed by atoms with van der Waals surface area (Å²) in [6.07, 6.45) is 5.52. The molecule has 0 unspecified atom stereocenters. The molecule has 1 aliphatic rings. The van der Waals surface area contributed by atoms with Crippen LogP contribution in [-0.4, -0.2) is 29.7 Å². The molecular formula is C13H18N2. The number of rotatable bonds is 4. The van der Waals surface area contributed by atoms with Crippen molar-refractivity contribution in [3.05, 3.63) is 48.2 Å². The summed E-state index contributed by atoms with van der Waals surface area (Å²) in [6.45, 7) is 5.42. The lowest BCUT2D eigenvalue weighted by molar-refractivity contribution is 0.0595. The van der Waals surface area contributed by atoms with Crippen LogP contribution in [0.2, 0.25) is 0 Å². The molecule has 0 saturated carbocycles. The predicted molar refractivity (Wildman–Crippen MR) is 63.2 cm³/mol. The van der Waals surface area contributed by atoms with Gasteiger partial charge in [-0.15, -0.1) is 0 Å². The van der Waals surface area contributed by atoms with Gasteiger partial charge in [0.2, 0.25) is 0 Å². The van der Waals surface area contributed by atoms with Crippen LogP contribution in [0, 0.1) is 0 Å². The van der Waals surface area contributed by atoms with Gasteiger partial charge in [0.05, 0.1) is 0 Å². The van der Waals surface area contributed by atoms with Crippen molar-refractivity contribution in [1.29, 1.82) is 0 Å². The molecule has 2 heteroatoms. The summed E-state index contributed by atoms with van der Waals surface area (Å²) >= 11 is 0. The smallest absolute Gasteiger partial charge is 0.0380 e. The Bertz CT molecular complexity index is 319. The maximum atomic E-state index is 2.35. The second-order valence-corrected chi connectivity index (χ2v) is 3.79. The molecule has 1 aromatic rings. The van der Waals surface area contributed by atoms with Gasteiger partial charge in [0.15, 0.2) is 0 Å². The molecule has 0 aromatic heterocycles. The van der Waals surface area contributed by atoms with Crippen molar-refractivity contribution in [3.63, 3.8) is 0 Å². The minimum atomic E-state index is 1.06. The Labute approximate surface area is 91.8 Å². The van der Waals surface area contributed by atoms with E-state index in [2.05, 4.69) is 59.5 Å². The Morgan fingerprint density at radius 2 is 2.00 bits per heavy atom. The third-order valence-corrected chi connectivity index (χ3v) is 2.79. The Kier molecular flexibility index (Phi) is 3.41. The Balaban J connectivity index is 1.85. The lowest BCUT2D eigenvalue weighted by atomic mass is 10.1. The Morgan fingerprint density at radius 3 is 2.73 bits per heavy atom. The number of hydrogen-bond donors (Lipinski definition) is 0. The summed E-state index contributed by atoms with van der Waals surface area (Å²) in [5, 5.41) is 4.66. The fourth-order valence-electron chi connectivity index (χ4n) is 1.90. The highest BCUT2D eigenvalue weighted by Crippen LogP contribution is 2.09. The van der Waals surface area contributed by atoms with Gasteiger partial charge < -0.3 is 5.01 Å². The lowest BCUT2D eigenvalue weighted by Gasteiger charge is -2.27. The van der Waals surface area contributed by atoms with E-state index in [1.807, 2.05) is 0 Å². The summed E-state index contributed by atoms with van der Waals surface area (Å²) in [7, 11) is 0. The molecule has 0 atom stereocenters. The molecule has 0 bridgehead atoms. The van der Waals surface area contributed by atoms with E-state index < -0.39 is 0 Å². The molecule has 0 saturated heterocycles. The average Bonchev–Trinajstić information content (AvgIpc) is 2.75. The standard InChI is InChI=1S/C13H18N2/c1-2-14-10-6-11-15(14)12-9-13-7-4-3-5-8-13/h3-8,11H,2,9-10,12H2,1H3. The van der Waals surface area contributed by atoms with Crippen LogP contribution < -0.4 is 0 Å². The van der Waals surface area contributed by atoms with E-state index in [4.69, 9.17) is 0 Å². The summed E-state index contributed by atoms with van der Waals surface area (Å²) in [5.74, 6) is 0. The third kappa shape index (κ3) is 2.60. The van der Waals surface area contributed by atoms with Crippen LogP contribution in [0.5, 0.6) is 0 Å². The van der Waals surface area contributed by atoms with E-state index in [1.165, 1.54) is 5.56 Å². The molecule has 0 N–H and O–H groups in total. The number of benzene rings is 1. The molecule has 1 aliphatic heterocycles. The highest BCUT2D eigenvalue weighted by molar-refractivity contribution is 5.15. The minimum Gasteiger partial charge on any atom is -0.313 e. The average molecular weight is 202 g/mol. The van der Waals surface area contributed by atoms with E-state index in [-0.39, 0.29) is 0 Å². The number of hydrogen-bond acceptors (Lipinski definition) is 2. The Morgan fingerprint density at radius 1 is 1.20 bits per heavy atom. The zero-order chi connectivity index (χ0) is 10.5. The summed E-state index contributed by atoms with van der Waals surface area (Å²) in [5.41, 5.74) is 1.41. The van der Waals surface area contributed by atoms with E-state index in [0.717, 1.165) is 26.1 Å². The SMILES string of the molecule is CCN1CC=CN1CCc1ccccc1. The molecule has 1 aromatic carbocycles. The normalized spacial score (nSPS) is 16.2. The topological polar surface area (TPSA) is 6.48 Å². The second-order valence-electron chi connectivity index (χ2n) is 3.79. The van der Waals surface area contributed by atoms with Gasteiger partial charge in [0.25, 0.3) is 0 Å². The van der Waals surface area contributed by atoms with Crippen LogP contribution in [0.15, 0.2) is 42.6 Å². The van der Waals surface area contributed by atoms with E-state index >= 15 is 0 Å². The molecular weight excluding hydrogens is 184 g/mol. The molecule has 1 heterocycles. The van der Waals surface area contributed by atoms with Gasteiger partial charge in [0.1, 0.15) is 0 Å². The van der Waals surface area contributed by atoms with Gasteiger partial charge in [-0.25, -0.2) is 5.01 Å².